The maximum Gasteiger partial charge on any atom is 0.411 e. The number of hydrogen-bond donors (Lipinski definition) is 0. The highest BCUT2D eigenvalue weighted by Crippen LogP contribution is 2.39. The fraction of sp³-hybridized carbons (Fsp3) is 0.364. The number of likely N-dealkylation sites (tertiary alicyclic amines) is 1. The molecule has 2 aromatic carbocycles. The summed E-state index contributed by atoms with van der Waals surface area (Å²) in [6, 6.07) is 19.2. The van der Waals surface area contributed by atoms with Crippen LogP contribution < -0.4 is 0 Å². The normalized spacial score (nSPS) is 26.3. The van der Waals surface area contributed by atoms with Crippen LogP contribution in [0.1, 0.15) is 18.1 Å². The second-order valence-corrected chi connectivity index (χ2v) is 7.29. The van der Waals surface area contributed by atoms with Crippen LogP contribution in [0.5, 0.6) is 0 Å². The molecular weight excluding hydrogens is 358 g/mol. The van der Waals surface area contributed by atoms with Gasteiger partial charge in [0, 0.05) is 0 Å². The maximum atomic E-state index is 12.8. The number of nitrogens with zero attached hydrogens (tertiary/aromatic N) is 1. The van der Waals surface area contributed by atoms with E-state index in [9.17, 15) is 9.59 Å². The fourth-order valence-electron chi connectivity index (χ4n) is 3.85. The monoisotopic (exact) mass is 381 g/mol. The van der Waals surface area contributed by atoms with Crippen molar-refractivity contribution in [3.63, 3.8) is 0 Å². The third-order valence-electron chi connectivity index (χ3n) is 5.51. The van der Waals surface area contributed by atoms with Gasteiger partial charge in [-0.05, 0) is 18.1 Å². The maximum absolute atomic E-state index is 12.8. The lowest BCUT2D eigenvalue weighted by Gasteiger charge is -2.30. The highest BCUT2D eigenvalue weighted by molar-refractivity contribution is 5.95. The Morgan fingerprint density at radius 3 is 2.32 bits per heavy atom. The fourth-order valence-corrected chi connectivity index (χ4v) is 3.85. The van der Waals surface area contributed by atoms with Crippen LogP contribution >= 0.6 is 0 Å². The SMILES string of the molecule is C[C@@]12C(=O)CO[C@@H]1[C@H](OCc1ccccc1)CN2C(=O)OCc1ccccc1. The van der Waals surface area contributed by atoms with Crippen molar-refractivity contribution in [2.75, 3.05) is 13.2 Å². The van der Waals surface area contributed by atoms with Gasteiger partial charge >= 0.3 is 6.09 Å². The highest BCUT2D eigenvalue weighted by atomic mass is 16.6. The third-order valence-corrected chi connectivity index (χ3v) is 5.51. The average Bonchev–Trinajstić information content (AvgIpc) is 3.19. The van der Waals surface area contributed by atoms with Crippen LogP contribution in [-0.2, 0) is 32.2 Å². The minimum atomic E-state index is -1.06. The summed E-state index contributed by atoms with van der Waals surface area (Å²) in [4.78, 5) is 26.8. The first-order valence-electron chi connectivity index (χ1n) is 9.38. The van der Waals surface area contributed by atoms with Crippen LogP contribution in [0, 0.1) is 0 Å². The van der Waals surface area contributed by atoms with Crippen LogP contribution in [0.15, 0.2) is 60.7 Å². The van der Waals surface area contributed by atoms with E-state index < -0.39 is 17.7 Å². The molecule has 0 unspecified atom stereocenters. The van der Waals surface area contributed by atoms with Crippen molar-refractivity contribution in [1.82, 2.24) is 4.90 Å². The number of fused-ring (bicyclic) bond motifs is 1. The molecular formula is C22H23NO5. The van der Waals surface area contributed by atoms with Gasteiger partial charge in [0.2, 0.25) is 0 Å². The Bertz CT molecular complexity index is 841. The molecule has 146 valence electrons. The Balaban J connectivity index is 1.45. The number of amides is 1. The van der Waals surface area contributed by atoms with E-state index in [2.05, 4.69) is 0 Å². The quantitative estimate of drug-likeness (QED) is 0.797. The molecule has 0 N–H and O–H groups in total. The van der Waals surface area contributed by atoms with Gasteiger partial charge in [0.25, 0.3) is 0 Å². The summed E-state index contributed by atoms with van der Waals surface area (Å²) in [6.07, 6.45) is -1.41. The summed E-state index contributed by atoms with van der Waals surface area (Å²) in [5, 5.41) is 0. The molecule has 2 aliphatic heterocycles. The van der Waals surface area contributed by atoms with Gasteiger partial charge in [-0.1, -0.05) is 60.7 Å². The molecule has 0 radical (unpaired) electrons. The number of hydrogen-bond acceptors (Lipinski definition) is 5. The smallest absolute Gasteiger partial charge is 0.411 e. The molecule has 6 heteroatoms. The summed E-state index contributed by atoms with van der Waals surface area (Å²) in [7, 11) is 0. The number of carbonyl (C=O) groups excluding carboxylic acids is 2. The van der Waals surface area contributed by atoms with Crippen LogP contribution in [0.3, 0.4) is 0 Å². The Labute approximate surface area is 164 Å². The van der Waals surface area contributed by atoms with Gasteiger partial charge < -0.3 is 14.2 Å². The first kappa shape index (κ1) is 18.7. The summed E-state index contributed by atoms with van der Waals surface area (Å²) in [6.45, 7) is 2.52. The highest BCUT2D eigenvalue weighted by Gasteiger charge is 2.62. The second kappa shape index (κ2) is 7.73. The van der Waals surface area contributed by atoms with Gasteiger partial charge in [-0.15, -0.1) is 0 Å². The number of ether oxygens (including phenoxy) is 3. The van der Waals surface area contributed by atoms with Crippen molar-refractivity contribution >= 4 is 11.9 Å². The van der Waals surface area contributed by atoms with Gasteiger partial charge in [0.05, 0.1) is 13.2 Å². The van der Waals surface area contributed by atoms with E-state index >= 15 is 0 Å². The van der Waals surface area contributed by atoms with Crippen molar-refractivity contribution in [2.24, 2.45) is 0 Å². The third kappa shape index (κ3) is 3.41. The minimum absolute atomic E-state index is 0.0190. The van der Waals surface area contributed by atoms with Crippen molar-refractivity contribution in [2.45, 2.75) is 37.9 Å². The van der Waals surface area contributed by atoms with E-state index in [1.54, 1.807) is 6.92 Å². The Morgan fingerprint density at radius 2 is 1.68 bits per heavy atom. The number of benzene rings is 2. The Hall–Kier alpha value is -2.70. The van der Waals surface area contributed by atoms with Gasteiger partial charge in [-0.2, -0.15) is 0 Å². The predicted octanol–water partition coefficient (Wildman–Crippen LogP) is 2.95. The molecule has 2 aromatic rings. The van der Waals surface area contributed by atoms with Gasteiger partial charge in [-0.3, -0.25) is 9.69 Å². The summed E-state index contributed by atoms with van der Waals surface area (Å²) in [5.74, 6) is -0.125. The molecule has 28 heavy (non-hydrogen) atoms. The summed E-state index contributed by atoms with van der Waals surface area (Å²) >= 11 is 0. The largest absolute Gasteiger partial charge is 0.445 e. The lowest BCUT2D eigenvalue weighted by atomic mass is 9.93. The van der Waals surface area contributed by atoms with Gasteiger partial charge in [-0.25, -0.2) is 4.79 Å². The zero-order chi connectivity index (χ0) is 19.6. The minimum Gasteiger partial charge on any atom is -0.445 e. The van der Waals surface area contributed by atoms with E-state index in [-0.39, 0.29) is 31.6 Å². The molecule has 0 bridgehead atoms. The molecule has 1 amide bonds. The predicted molar refractivity (Wildman–Crippen MR) is 102 cm³/mol. The molecule has 2 aliphatic rings. The topological polar surface area (TPSA) is 65.1 Å². The zero-order valence-corrected chi connectivity index (χ0v) is 15.7. The number of carbonyl (C=O) groups is 2. The second-order valence-electron chi connectivity index (χ2n) is 7.29. The summed E-state index contributed by atoms with van der Waals surface area (Å²) in [5.41, 5.74) is 0.857. The van der Waals surface area contributed by atoms with Gasteiger partial charge in [0.15, 0.2) is 5.78 Å². The molecule has 2 heterocycles. The van der Waals surface area contributed by atoms with Gasteiger partial charge in [0.1, 0.15) is 31.0 Å². The molecule has 0 aliphatic carbocycles. The van der Waals surface area contributed by atoms with Crippen molar-refractivity contribution in [1.29, 1.82) is 0 Å². The summed E-state index contributed by atoms with van der Waals surface area (Å²) < 4.78 is 17.2. The van der Waals surface area contributed by atoms with E-state index in [0.717, 1.165) is 11.1 Å². The van der Waals surface area contributed by atoms with Crippen molar-refractivity contribution in [3.8, 4) is 0 Å². The molecule has 2 fully saturated rings. The first-order chi connectivity index (χ1) is 13.6. The molecule has 2 saturated heterocycles. The van der Waals surface area contributed by atoms with Crippen LogP contribution in [-0.4, -0.2) is 47.7 Å². The standard InChI is InChI=1S/C22H23NO5/c1-22-19(24)15-27-20(22)18(26-13-16-8-4-2-5-9-16)12-23(22)21(25)28-14-17-10-6-3-7-11-17/h2-11,18,20H,12-15H2,1H3/t18-,20-,22-/m1/s1. The lowest BCUT2D eigenvalue weighted by Crippen LogP contribution is -2.53. The molecule has 0 spiro atoms. The number of ketones is 1. The molecule has 4 rings (SSSR count). The van der Waals surface area contributed by atoms with Crippen molar-refractivity contribution < 1.29 is 23.8 Å². The van der Waals surface area contributed by atoms with E-state index in [0.29, 0.717) is 6.61 Å². The average molecular weight is 381 g/mol. The van der Waals surface area contributed by atoms with Crippen LogP contribution in [0.25, 0.3) is 0 Å². The zero-order valence-electron chi connectivity index (χ0n) is 15.7. The molecule has 6 nitrogen and oxygen atoms in total. The van der Waals surface area contributed by atoms with E-state index in [4.69, 9.17) is 14.2 Å². The number of rotatable bonds is 5. The van der Waals surface area contributed by atoms with E-state index in [1.165, 1.54) is 4.90 Å². The van der Waals surface area contributed by atoms with Crippen LogP contribution in [0.2, 0.25) is 0 Å². The molecule has 3 atom stereocenters. The molecule has 0 aromatic heterocycles. The van der Waals surface area contributed by atoms with E-state index in [1.807, 2.05) is 60.7 Å². The van der Waals surface area contributed by atoms with Crippen molar-refractivity contribution in [3.05, 3.63) is 71.8 Å². The Morgan fingerprint density at radius 1 is 1.07 bits per heavy atom. The lowest BCUT2D eigenvalue weighted by molar-refractivity contribution is -0.124. The van der Waals surface area contributed by atoms with Crippen LogP contribution in [0.4, 0.5) is 4.79 Å². The first-order valence-corrected chi connectivity index (χ1v) is 9.38. The molecule has 0 saturated carbocycles. The number of Topliss-reactive ketones (excluding diaryl/α,β-unsaturated/α-hetero) is 1. The Kier molecular flexibility index (Phi) is 5.15.